The summed E-state index contributed by atoms with van der Waals surface area (Å²) >= 11 is 0. The van der Waals surface area contributed by atoms with E-state index in [9.17, 15) is 9.59 Å². The Morgan fingerprint density at radius 3 is 2.83 bits per heavy atom. The third-order valence-corrected chi connectivity index (χ3v) is 2.33. The molecule has 1 aromatic heterocycles. The first-order chi connectivity index (χ1) is 8.52. The third kappa shape index (κ3) is 4.44. The van der Waals surface area contributed by atoms with Gasteiger partial charge in [0.25, 0.3) is 0 Å². The normalized spacial score (nSPS) is 10.1. The first-order valence-electron chi connectivity index (χ1n) is 5.70. The van der Waals surface area contributed by atoms with Crippen LogP contribution in [0.3, 0.4) is 0 Å². The Labute approximate surface area is 105 Å². The molecule has 7 nitrogen and oxygen atoms in total. The van der Waals surface area contributed by atoms with Crippen LogP contribution in [0.4, 0.5) is 5.69 Å². The van der Waals surface area contributed by atoms with Gasteiger partial charge in [0.05, 0.1) is 24.9 Å². The zero-order valence-electron chi connectivity index (χ0n) is 10.6. The third-order valence-electron chi connectivity index (χ3n) is 2.33. The highest BCUT2D eigenvalue weighted by Crippen LogP contribution is 1.99. The van der Waals surface area contributed by atoms with Crippen molar-refractivity contribution >= 4 is 17.6 Å². The van der Waals surface area contributed by atoms with Crippen LogP contribution in [0.25, 0.3) is 0 Å². The van der Waals surface area contributed by atoms with Crippen molar-refractivity contribution in [1.82, 2.24) is 14.7 Å². The lowest BCUT2D eigenvalue weighted by molar-refractivity contribution is -0.143. The van der Waals surface area contributed by atoms with Gasteiger partial charge in [0, 0.05) is 19.8 Å². The highest BCUT2D eigenvalue weighted by molar-refractivity contribution is 5.76. The summed E-state index contributed by atoms with van der Waals surface area (Å²) in [5.74, 6) is -0.442. The Morgan fingerprint density at radius 2 is 2.28 bits per heavy atom. The van der Waals surface area contributed by atoms with E-state index in [0.717, 1.165) is 0 Å². The predicted octanol–water partition coefficient (Wildman–Crippen LogP) is -0.123. The molecule has 1 amide bonds. The van der Waals surface area contributed by atoms with Gasteiger partial charge in [-0.1, -0.05) is 0 Å². The van der Waals surface area contributed by atoms with Crippen molar-refractivity contribution < 1.29 is 14.3 Å². The van der Waals surface area contributed by atoms with Crippen LogP contribution in [0.1, 0.15) is 13.3 Å². The van der Waals surface area contributed by atoms with Crippen LogP contribution in [-0.4, -0.2) is 46.8 Å². The van der Waals surface area contributed by atoms with Crippen molar-refractivity contribution in [2.45, 2.75) is 19.9 Å². The minimum absolute atomic E-state index is 0.108. The van der Waals surface area contributed by atoms with Crippen LogP contribution in [0, 0.1) is 0 Å². The van der Waals surface area contributed by atoms with E-state index in [2.05, 4.69) is 5.10 Å². The largest absolute Gasteiger partial charge is 0.466 e. The molecule has 0 aromatic carbocycles. The number of ether oxygens (including phenoxy) is 1. The van der Waals surface area contributed by atoms with Crippen molar-refractivity contribution in [3.05, 3.63) is 12.4 Å². The summed E-state index contributed by atoms with van der Waals surface area (Å²) in [4.78, 5) is 24.4. The van der Waals surface area contributed by atoms with Gasteiger partial charge in [-0.05, 0) is 6.92 Å². The van der Waals surface area contributed by atoms with Crippen LogP contribution < -0.4 is 5.73 Å². The molecule has 0 atom stereocenters. The van der Waals surface area contributed by atoms with E-state index < -0.39 is 0 Å². The Bertz CT molecular complexity index is 416. The smallest absolute Gasteiger partial charge is 0.307 e. The maximum Gasteiger partial charge on any atom is 0.307 e. The van der Waals surface area contributed by atoms with E-state index in [0.29, 0.717) is 18.8 Å². The maximum atomic E-state index is 11.8. The zero-order chi connectivity index (χ0) is 13.5. The summed E-state index contributed by atoms with van der Waals surface area (Å²) in [6.45, 7) is 2.53. The molecule has 0 spiro atoms. The molecule has 0 saturated carbocycles. The van der Waals surface area contributed by atoms with E-state index in [-0.39, 0.29) is 24.8 Å². The summed E-state index contributed by atoms with van der Waals surface area (Å²) in [5.41, 5.74) is 6.00. The van der Waals surface area contributed by atoms with Crippen molar-refractivity contribution in [3.63, 3.8) is 0 Å². The minimum atomic E-state index is -0.305. The van der Waals surface area contributed by atoms with Crippen LogP contribution in [0.2, 0.25) is 0 Å². The molecule has 100 valence electrons. The molecule has 0 aliphatic rings. The van der Waals surface area contributed by atoms with Crippen molar-refractivity contribution in [1.29, 1.82) is 0 Å². The number of carbonyl (C=O) groups excluding carboxylic acids is 2. The van der Waals surface area contributed by atoms with E-state index in [1.807, 2.05) is 0 Å². The number of amides is 1. The topological polar surface area (TPSA) is 90.5 Å². The standard InChI is InChI=1S/C11H18N4O3/c1-3-18-11(17)4-5-14(2)10(16)8-15-7-9(12)6-13-15/h6-7H,3-5,8,12H2,1-2H3. The second-order valence-corrected chi connectivity index (χ2v) is 3.84. The van der Waals surface area contributed by atoms with Crippen molar-refractivity contribution in [3.8, 4) is 0 Å². The average Bonchev–Trinajstić information content (AvgIpc) is 2.72. The van der Waals surface area contributed by atoms with Gasteiger partial charge in [-0.25, -0.2) is 0 Å². The number of hydrogen-bond acceptors (Lipinski definition) is 5. The minimum Gasteiger partial charge on any atom is -0.466 e. The lowest BCUT2D eigenvalue weighted by Crippen LogP contribution is -2.32. The SMILES string of the molecule is CCOC(=O)CCN(C)C(=O)Cn1cc(N)cn1. The summed E-state index contributed by atoms with van der Waals surface area (Å²) in [6, 6.07) is 0. The fraction of sp³-hybridized carbons (Fsp3) is 0.545. The molecule has 0 aliphatic heterocycles. The Hall–Kier alpha value is -2.05. The number of anilines is 1. The van der Waals surface area contributed by atoms with E-state index >= 15 is 0 Å². The van der Waals surface area contributed by atoms with Gasteiger partial charge in [-0.15, -0.1) is 0 Å². The van der Waals surface area contributed by atoms with Crippen LogP contribution in [0.15, 0.2) is 12.4 Å². The fourth-order valence-corrected chi connectivity index (χ4v) is 1.34. The molecule has 0 saturated heterocycles. The number of likely N-dealkylation sites (N-methyl/N-ethyl adjacent to an activating group) is 1. The molecule has 0 aliphatic carbocycles. The van der Waals surface area contributed by atoms with Gasteiger partial charge in [-0.3, -0.25) is 14.3 Å². The first kappa shape index (κ1) is 14.0. The molecule has 18 heavy (non-hydrogen) atoms. The van der Waals surface area contributed by atoms with Gasteiger partial charge in [-0.2, -0.15) is 5.10 Å². The lowest BCUT2D eigenvalue weighted by atomic mass is 10.4. The maximum absolute atomic E-state index is 11.8. The van der Waals surface area contributed by atoms with Gasteiger partial charge in [0.2, 0.25) is 5.91 Å². The monoisotopic (exact) mass is 254 g/mol. The van der Waals surface area contributed by atoms with Gasteiger partial charge in [0.15, 0.2) is 0 Å². The number of hydrogen-bond donors (Lipinski definition) is 1. The Balaban J connectivity index is 2.35. The number of nitrogen functional groups attached to an aromatic ring is 1. The lowest BCUT2D eigenvalue weighted by Gasteiger charge is -2.16. The molecule has 1 aromatic rings. The zero-order valence-corrected chi connectivity index (χ0v) is 10.6. The molecule has 0 unspecified atom stereocenters. The first-order valence-corrected chi connectivity index (χ1v) is 5.70. The highest BCUT2D eigenvalue weighted by atomic mass is 16.5. The average molecular weight is 254 g/mol. The number of esters is 1. The molecule has 2 N–H and O–H groups in total. The van der Waals surface area contributed by atoms with Gasteiger partial charge in [0.1, 0.15) is 6.54 Å². The summed E-state index contributed by atoms with van der Waals surface area (Å²) < 4.78 is 6.24. The Kier molecular flexibility index (Phi) is 5.16. The number of aromatic nitrogens is 2. The molecule has 7 heteroatoms. The second-order valence-electron chi connectivity index (χ2n) is 3.84. The van der Waals surface area contributed by atoms with Gasteiger partial charge < -0.3 is 15.4 Å². The highest BCUT2D eigenvalue weighted by Gasteiger charge is 2.12. The van der Waals surface area contributed by atoms with E-state index in [1.54, 1.807) is 20.2 Å². The van der Waals surface area contributed by atoms with Crippen molar-refractivity contribution in [2.24, 2.45) is 0 Å². The summed E-state index contributed by atoms with van der Waals surface area (Å²) in [7, 11) is 1.63. The van der Waals surface area contributed by atoms with Crippen LogP contribution in [0.5, 0.6) is 0 Å². The molecule has 0 bridgehead atoms. The summed E-state index contributed by atoms with van der Waals surface area (Å²) in [5, 5.41) is 3.92. The predicted molar refractivity (Wildman–Crippen MR) is 65.5 cm³/mol. The number of rotatable bonds is 6. The van der Waals surface area contributed by atoms with Crippen LogP contribution >= 0.6 is 0 Å². The summed E-state index contributed by atoms with van der Waals surface area (Å²) in [6.07, 6.45) is 3.25. The Morgan fingerprint density at radius 1 is 1.56 bits per heavy atom. The molecule has 1 rings (SSSR count). The second kappa shape index (κ2) is 6.63. The molecule has 0 radical (unpaired) electrons. The fourth-order valence-electron chi connectivity index (χ4n) is 1.34. The number of carbonyl (C=O) groups is 2. The van der Waals surface area contributed by atoms with Crippen LogP contribution in [-0.2, 0) is 20.9 Å². The molecule has 1 heterocycles. The molecular weight excluding hydrogens is 236 g/mol. The number of nitrogens with two attached hydrogens (primary N) is 1. The molecular formula is C11H18N4O3. The van der Waals surface area contributed by atoms with Crippen molar-refractivity contribution in [2.75, 3.05) is 25.9 Å². The number of nitrogens with zero attached hydrogens (tertiary/aromatic N) is 3. The quantitative estimate of drug-likeness (QED) is 0.714. The van der Waals surface area contributed by atoms with Gasteiger partial charge >= 0.3 is 5.97 Å². The van der Waals surface area contributed by atoms with E-state index in [4.69, 9.17) is 10.5 Å². The molecule has 0 fully saturated rings. The van der Waals surface area contributed by atoms with E-state index in [1.165, 1.54) is 15.8 Å².